The van der Waals surface area contributed by atoms with E-state index in [-0.39, 0.29) is 0 Å². The predicted molar refractivity (Wildman–Crippen MR) is 84.9 cm³/mol. The molecule has 0 heteroatoms. The molecule has 0 spiro atoms. The second kappa shape index (κ2) is 10.4. The first-order valence-electron chi connectivity index (χ1n) is 7.70. The molecule has 1 unspecified atom stereocenters. The minimum Gasteiger partial charge on any atom is -0.0856 e. The fourth-order valence-corrected chi connectivity index (χ4v) is 2.07. The monoisotopic (exact) mass is 250 g/mol. The molecular weight excluding hydrogens is 216 g/mol. The van der Waals surface area contributed by atoms with Gasteiger partial charge < -0.3 is 0 Å². The Morgan fingerprint density at radius 3 is 2.06 bits per heavy atom. The van der Waals surface area contributed by atoms with Crippen LogP contribution in [0.3, 0.4) is 0 Å². The van der Waals surface area contributed by atoms with Crippen LogP contribution >= 0.6 is 0 Å². The van der Waals surface area contributed by atoms with Gasteiger partial charge in [-0.3, -0.25) is 0 Å². The highest BCUT2D eigenvalue weighted by Gasteiger charge is 2.02. The van der Waals surface area contributed by atoms with Gasteiger partial charge in [0.25, 0.3) is 0 Å². The standard InChI is InChI=1S/C18H34/c1-15(2)9-7-10-17(5)11-8-12-18(6)14-13-16(3)4/h9,11,16,18H,7-8,10,12-14H2,1-6H3/b17-11+. The molecule has 0 aliphatic heterocycles. The van der Waals surface area contributed by atoms with E-state index >= 15 is 0 Å². The molecule has 0 aliphatic carbocycles. The first-order valence-corrected chi connectivity index (χ1v) is 7.70. The third-order valence-electron chi connectivity index (χ3n) is 3.48. The van der Waals surface area contributed by atoms with Crippen molar-refractivity contribution in [1.82, 2.24) is 0 Å². The quantitative estimate of drug-likeness (QED) is 0.408. The average molecular weight is 250 g/mol. The van der Waals surface area contributed by atoms with Gasteiger partial charge >= 0.3 is 0 Å². The molecule has 1 atom stereocenters. The van der Waals surface area contributed by atoms with E-state index in [1.165, 1.54) is 44.1 Å². The van der Waals surface area contributed by atoms with E-state index in [2.05, 4.69) is 53.7 Å². The van der Waals surface area contributed by atoms with Crippen molar-refractivity contribution < 1.29 is 0 Å². The molecule has 0 amide bonds. The van der Waals surface area contributed by atoms with Crippen LogP contribution in [0.1, 0.15) is 80.1 Å². The van der Waals surface area contributed by atoms with E-state index in [1.807, 2.05) is 0 Å². The third-order valence-corrected chi connectivity index (χ3v) is 3.48. The second-order valence-electron chi connectivity index (χ2n) is 6.52. The van der Waals surface area contributed by atoms with E-state index in [1.54, 1.807) is 5.57 Å². The first kappa shape index (κ1) is 17.5. The van der Waals surface area contributed by atoms with Crippen LogP contribution in [0.2, 0.25) is 0 Å². The van der Waals surface area contributed by atoms with E-state index in [0.717, 1.165) is 11.8 Å². The molecule has 0 rings (SSSR count). The third kappa shape index (κ3) is 12.0. The lowest BCUT2D eigenvalue weighted by Gasteiger charge is -2.11. The first-order chi connectivity index (χ1) is 8.41. The number of hydrogen-bond acceptors (Lipinski definition) is 0. The Labute approximate surface area is 116 Å². The van der Waals surface area contributed by atoms with E-state index in [9.17, 15) is 0 Å². The molecule has 0 N–H and O–H groups in total. The van der Waals surface area contributed by atoms with Crippen molar-refractivity contribution in [2.24, 2.45) is 11.8 Å². The summed E-state index contributed by atoms with van der Waals surface area (Å²) in [7, 11) is 0. The molecular formula is C18H34. The van der Waals surface area contributed by atoms with Gasteiger partial charge in [0, 0.05) is 0 Å². The van der Waals surface area contributed by atoms with Gasteiger partial charge in [-0.2, -0.15) is 0 Å². The molecule has 0 saturated carbocycles. The van der Waals surface area contributed by atoms with Crippen LogP contribution in [0, 0.1) is 11.8 Å². The molecule has 0 fully saturated rings. The van der Waals surface area contributed by atoms with Crippen molar-refractivity contribution in [3.8, 4) is 0 Å². The highest BCUT2D eigenvalue weighted by Crippen LogP contribution is 2.17. The van der Waals surface area contributed by atoms with Crippen molar-refractivity contribution >= 4 is 0 Å². The van der Waals surface area contributed by atoms with Crippen LogP contribution in [0.4, 0.5) is 0 Å². The van der Waals surface area contributed by atoms with Crippen LogP contribution in [0.5, 0.6) is 0 Å². The van der Waals surface area contributed by atoms with Crippen LogP contribution < -0.4 is 0 Å². The van der Waals surface area contributed by atoms with Gasteiger partial charge in [-0.1, -0.05) is 56.9 Å². The van der Waals surface area contributed by atoms with Gasteiger partial charge in [-0.25, -0.2) is 0 Å². The van der Waals surface area contributed by atoms with E-state index in [4.69, 9.17) is 0 Å². The molecule has 0 aliphatic rings. The van der Waals surface area contributed by atoms with Crippen LogP contribution in [-0.4, -0.2) is 0 Å². The van der Waals surface area contributed by atoms with Crippen molar-refractivity contribution in [2.75, 3.05) is 0 Å². The highest BCUT2D eigenvalue weighted by atomic mass is 14.1. The average Bonchev–Trinajstić information content (AvgIpc) is 2.25. The molecule has 0 saturated heterocycles. The SMILES string of the molecule is CC(C)=CCC/C(C)=C/CCC(C)CCC(C)C. The Kier molecular flexibility index (Phi) is 10.1. The zero-order valence-electron chi connectivity index (χ0n) is 13.6. The second-order valence-corrected chi connectivity index (χ2v) is 6.52. The van der Waals surface area contributed by atoms with Crippen LogP contribution in [0.25, 0.3) is 0 Å². The lowest BCUT2D eigenvalue weighted by atomic mass is 9.95. The highest BCUT2D eigenvalue weighted by molar-refractivity contribution is 5.02. The molecule has 0 bridgehead atoms. The maximum atomic E-state index is 2.45. The molecule has 0 heterocycles. The van der Waals surface area contributed by atoms with Crippen molar-refractivity contribution in [3.63, 3.8) is 0 Å². The molecule has 0 aromatic carbocycles. The zero-order chi connectivity index (χ0) is 14.0. The zero-order valence-corrected chi connectivity index (χ0v) is 13.6. The van der Waals surface area contributed by atoms with Crippen molar-refractivity contribution in [2.45, 2.75) is 80.1 Å². The molecule has 0 aromatic heterocycles. The summed E-state index contributed by atoms with van der Waals surface area (Å²) in [5, 5.41) is 0. The van der Waals surface area contributed by atoms with Gasteiger partial charge in [-0.15, -0.1) is 0 Å². The smallest absolute Gasteiger partial charge is 0.0288 e. The summed E-state index contributed by atoms with van der Waals surface area (Å²) in [6.45, 7) is 13.7. The van der Waals surface area contributed by atoms with Gasteiger partial charge in [0.1, 0.15) is 0 Å². The van der Waals surface area contributed by atoms with Crippen molar-refractivity contribution in [3.05, 3.63) is 23.3 Å². The van der Waals surface area contributed by atoms with Gasteiger partial charge in [-0.05, 0) is 58.3 Å². The van der Waals surface area contributed by atoms with Gasteiger partial charge in [0.15, 0.2) is 0 Å². The fraction of sp³-hybridized carbons (Fsp3) is 0.778. The summed E-state index contributed by atoms with van der Waals surface area (Å²) in [5.74, 6) is 1.74. The molecule has 18 heavy (non-hydrogen) atoms. The molecule has 0 nitrogen and oxygen atoms in total. The fourth-order valence-electron chi connectivity index (χ4n) is 2.07. The summed E-state index contributed by atoms with van der Waals surface area (Å²) < 4.78 is 0. The summed E-state index contributed by atoms with van der Waals surface area (Å²) >= 11 is 0. The summed E-state index contributed by atoms with van der Waals surface area (Å²) in [6.07, 6.45) is 12.6. The lowest BCUT2D eigenvalue weighted by Crippen LogP contribution is -1.97. The normalized spacial score (nSPS) is 13.8. The Hall–Kier alpha value is -0.520. The number of hydrogen-bond donors (Lipinski definition) is 0. The summed E-state index contributed by atoms with van der Waals surface area (Å²) in [5.41, 5.74) is 2.99. The molecule has 0 radical (unpaired) electrons. The van der Waals surface area contributed by atoms with Crippen LogP contribution in [-0.2, 0) is 0 Å². The topological polar surface area (TPSA) is 0 Å². The minimum atomic E-state index is 0.855. The Morgan fingerprint density at radius 2 is 1.50 bits per heavy atom. The summed E-state index contributed by atoms with van der Waals surface area (Å²) in [4.78, 5) is 0. The lowest BCUT2D eigenvalue weighted by molar-refractivity contribution is 0.430. The van der Waals surface area contributed by atoms with E-state index < -0.39 is 0 Å². The number of allylic oxidation sites excluding steroid dienone is 4. The van der Waals surface area contributed by atoms with Crippen LogP contribution in [0.15, 0.2) is 23.3 Å². The van der Waals surface area contributed by atoms with Gasteiger partial charge in [0.05, 0.1) is 0 Å². The number of rotatable bonds is 9. The maximum Gasteiger partial charge on any atom is -0.0288 e. The molecule has 0 aromatic rings. The largest absolute Gasteiger partial charge is 0.0856 e. The molecule has 106 valence electrons. The van der Waals surface area contributed by atoms with E-state index in [0.29, 0.717) is 0 Å². The minimum absolute atomic E-state index is 0.855. The Morgan fingerprint density at radius 1 is 0.833 bits per heavy atom. The predicted octanol–water partition coefficient (Wildman–Crippen LogP) is 6.53. The van der Waals surface area contributed by atoms with Crippen molar-refractivity contribution in [1.29, 1.82) is 0 Å². The van der Waals surface area contributed by atoms with Gasteiger partial charge in [0.2, 0.25) is 0 Å². The summed E-state index contributed by atoms with van der Waals surface area (Å²) in [6, 6.07) is 0. The Balaban J connectivity index is 3.69. The maximum absolute atomic E-state index is 2.45. The Bertz CT molecular complexity index is 251.